The topological polar surface area (TPSA) is 66.6 Å². The van der Waals surface area contributed by atoms with Crippen molar-refractivity contribution in [3.05, 3.63) is 0 Å². The molecule has 2 aliphatic heterocycles. The van der Waals surface area contributed by atoms with E-state index >= 15 is 0 Å². The van der Waals surface area contributed by atoms with Gasteiger partial charge in [0.15, 0.2) is 0 Å². The third-order valence-electron chi connectivity index (χ3n) is 4.46. The summed E-state index contributed by atoms with van der Waals surface area (Å²) in [5, 5.41) is 0. The summed E-state index contributed by atoms with van der Waals surface area (Å²) in [7, 11) is -3.29. The van der Waals surface area contributed by atoms with Gasteiger partial charge in [-0.2, -0.15) is 17.0 Å². The molecule has 0 saturated carbocycles. The fourth-order valence-corrected chi connectivity index (χ4v) is 5.40. The summed E-state index contributed by atoms with van der Waals surface area (Å²) >= 11 is 0. The summed E-state index contributed by atoms with van der Waals surface area (Å²) in [6.07, 6.45) is 3.96. The third kappa shape index (κ3) is 3.12. The van der Waals surface area contributed by atoms with Crippen LogP contribution in [0.25, 0.3) is 0 Å². The van der Waals surface area contributed by atoms with Crippen molar-refractivity contribution in [2.45, 2.75) is 45.6 Å². The fraction of sp³-hybridized carbons (Fsp3) is 1.00. The van der Waals surface area contributed by atoms with E-state index in [2.05, 4.69) is 13.8 Å². The molecular formula is C13H27N3O2S. The highest BCUT2D eigenvalue weighted by molar-refractivity contribution is 7.86. The van der Waals surface area contributed by atoms with Gasteiger partial charge in [-0.3, -0.25) is 0 Å². The van der Waals surface area contributed by atoms with Gasteiger partial charge >= 0.3 is 0 Å². The van der Waals surface area contributed by atoms with Gasteiger partial charge in [-0.05, 0) is 44.1 Å². The Balaban J connectivity index is 2.13. The van der Waals surface area contributed by atoms with E-state index in [1.165, 1.54) is 0 Å². The minimum absolute atomic E-state index is 0.170. The quantitative estimate of drug-likeness (QED) is 0.840. The highest BCUT2D eigenvalue weighted by atomic mass is 32.2. The Kier molecular flexibility index (Phi) is 4.87. The highest BCUT2D eigenvalue weighted by Gasteiger charge is 2.40. The molecule has 2 N–H and O–H groups in total. The fourth-order valence-electron chi connectivity index (χ4n) is 3.30. The summed E-state index contributed by atoms with van der Waals surface area (Å²) in [4.78, 5) is 0. The summed E-state index contributed by atoms with van der Waals surface area (Å²) in [6.45, 7) is 6.73. The van der Waals surface area contributed by atoms with Gasteiger partial charge in [0, 0.05) is 25.7 Å². The Labute approximate surface area is 117 Å². The van der Waals surface area contributed by atoms with Crippen molar-refractivity contribution < 1.29 is 8.42 Å². The van der Waals surface area contributed by atoms with E-state index in [4.69, 9.17) is 5.73 Å². The Morgan fingerprint density at radius 2 is 1.89 bits per heavy atom. The Morgan fingerprint density at radius 3 is 2.53 bits per heavy atom. The molecule has 0 aromatic heterocycles. The van der Waals surface area contributed by atoms with Crippen LogP contribution in [0.4, 0.5) is 0 Å². The lowest BCUT2D eigenvalue weighted by Gasteiger charge is -2.36. The van der Waals surface area contributed by atoms with E-state index in [9.17, 15) is 8.42 Å². The Bertz CT molecular complexity index is 397. The maximum Gasteiger partial charge on any atom is 0.282 e. The lowest BCUT2D eigenvalue weighted by molar-refractivity contribution is 0.235. The van der Waals surface area contributed by atoms with Crippen molar-refractivity contribution in [1.82, 2.24) is 8.61 Å². The number of hydrogen-bond donors (Lipinski definition) is 1. The van der Waals surface area contributed by atoms with Crippen LogP contribution in [0, 0.1) is 11.8 Å². The molecule has 0 spiro atoms. The van der Waals surface area contributed by atoms with Gasteiger partial charge in [0.25, 0.3) is 10.2 Å². The van der Waals surface area contributed by atoms with E-state index in [0.717, 1.165) is 25.7 Å². The molecule has 2 heterocycles. The molecule has 0 aliphatic carbocycles. The molecule has 2 atom stereocenters. The second-order valence-corrected chi connectivity index (χ2v) is 8.06. The molecule has 19 heavy (non-hydrogen) atoms. The van der Waals surface area contributed by atoms with Crippen molar-refractivity contribution >= 4 is 10.2 Å². The number of rotatable bonds is 4. The summed E-state index contributed by atoms with van der Waals surface area (Å²) < 4.78 is 28.9. The van der Waals surface area contributed by atoms with E-state index < -0.39 is 10.2 Å². The van der Waals surface area contributed by atoms with Gasteiger partial charge in [0.2, 0.25) is 0 Å². The van der Waals surface area contributed by atoms with E-state index in [1.807, 2.05) is 0 Å². The number of piperidine rings is 1. The van der Waals surface area contributed by atoms with Gasteiger partial charge in [-0.15, -0.1) is 0 Å². The standard InChI is InChI=1S/C13H27N3O2S/c1-11(2)13-6-4-8-16(13)19(17,18)15-7-3-5-12(9-14)10-15/h11-13H,3-10,14H2,1-2H3. The lowest BCUT2D eigenvalue weighted by Crippen LogP contribution is -2.51. The largest absolute Gasteiger partial charge is 0.330 e. The minimum Gasteiger partial charge on any atom is -0.330 e. The minimum atomic E-state index is -3.29. The van der Waals surface area contributed by atoms with Crippen LogP contribution in [0.1, 0.15) is 39.5 Å². The van der Waals surface area contributed by atoms with Crippen LogP contribution in [-0.4, -0.2) is 49.2 Å². The molecule has 0 bridgehead atoms. The van der Waals surface area contributed by atoms with Crippen LogP contribution in [-0.2, 0) is 10.2 Å². The number of nitrogens with zero attached hydrogens (tertiary/aromatic N) is 2. The lowest BCUT2D eigenvalue weighted by atomic mass is 10.0. The first-order chi connectivity index (χ1) is 8.96. The smallest absolute Gasteiger partial charge is 0.282 e. The average molecular weight is 289 g/mol. The molecule has 2 unspecified atom stereocenters. The average Bonchev–Trinajstić information content (AvgIpc) is 2.89. The first-order valence-corrected chi connectivity index (χ1v) is 8.83. The SMILES string of the molecule is CC(C)C1CCCN1S(=O)(=O)N1CCCC(CN)C1. The van der Waals surface area contributed by atoms with Crippen LogP contribution in [0.3, 0.4) is 0 Å². The molecule has 2 aliphatic rings. The van der Waals surface area contributed by atoms with E-state index in [0.29, 0.717) is 38.0 Å². The van der Waals surface area contributed by atoms with E-state index in [-0.39, 0.29) is 6.04 Å². The third-order valence-corrected chi connectivity index (χ3v) is 6.49. The molecule has 0 aromatic carbocycles. The molecular weight excluding hydrogens is 262 g/mol. The van der Waals surface area contributed by atoms with Gasteiger partial charge < -0.3 is 5.73 Å². The molecule has 6 heteroatoms. The predicted molar refractivity (Wildman–Crippen MR) is 76.8 cm³/mol. The molecule has 2 fully saturated rings. The highest BCUT2D eigenvalue weighted by Crippen LogP contribution is 2.30. The van der Waals surface area contributed by atoms with Crippen molar-refractivity contribution in [3.8, 4) is 0 Å². The molecule has 0 radical (unpaired) electrons. The second kappa shape index (κ2) is 6.08. The maximum absolute atomic E-state index is 12.8. The normalized spacial score (nSPS) is 31.2. The Morgan fingerprint density at radius 1 is 1.21 bits per heavy atom. The zero-order valence-electron chi connectivity index (χ0n) is 12.1. The Hall–Kier alpha value is -0.170. The van der Waals surface area contributed by atoms with Crippen LogP contribution in [0.2, 0.25) is 0 Å². The van der Waals surface area contributed by atoms with Crippen molar-refractivity contribution in [1.29, 1.82) is 0 Å². The molecule has 0 amide bonds. The molecule has 5 nitrogen and oxygen atoms in total. The van der Waals surface area contributed by atoms with Gasteiger partial charge in [0.05, 0.1) is 0 Å². The molecule has 112 valence electrons. The van der Waals surface area contributed by atoms with Gasteiger partial charge in [-0.1, -0.05) is 13.8 Å². The number of nitrogens with two attached hydrogens (primary N) is 1. The van der Waals surface area contributed by atoms with Crippen LogP contribution >= 0.6 is 0 Å². The molecule has 2 rings (SSSR count). The van der Waals surface area contributed by atoms with Crippen molar-refractivity contribution in [2.75, 3.05) is 26.2 Å². The zero-order chi connectivity index (χ0) is 14.0. The monoisotopic (exact) mass is 289 g/mol. The summed E-state index contributed by atoms with van der Waals surface area (Å²) in [6, 6.07) is 0.170. The van der Waals surface area contributed by atoms with Crippen LogP contribution < -0.4 is 5.73 Å². The first kappa shape index (κ1) is 15.2. The van der Waals surface area contributed by atoms with Crippen molar-refractivity contribution in [2.24, 2.45) is 17.6 Å². The molecule has 0 aromatic rings. The maximum atomic E-state index is 12.8. The van der Waals surface area contributed by atoms with Gasteiger partial charge in [0.1, 0.15) is 0 Å². The van der Waals surface area contributed by atoms with E-state index in [1.54, 1.807) is 8.61 Å². The first-order valence-electron chi connectivity index (χ1n) is 7.43. The molecule has 2 saturated heterocycles. The number of hydrogen-bond acceptors (Lipinski definition) is 3. The van der Waals surface area contributed by atoms with Crippen LogP contribution in [0.5, 0.6) is 0 Å². The van der Waals surface area contributed by atoms with Gasteiger partial charge in [-0.25, -0.2) is 0 Å². The summed E-state index contributed by atoms with van der Waals surface area (Å²) in [5.41, 5.74) is 5.70. The van der Waals surface area contributed by atoms with Crippen LogP contribution in [0.15, 0.2) is 0 Å². The predicted octanol–water partition coefficient (Wildman–Crippen LogP) is 1.02. The zero-order valence-corrected chi connectivity index (χ0v) is 12.9. The second-order valence-electron chi connectivity index (χ2n) is 6.17. The van der Waals surface area contributed by atoms with Crippen molar-refractivity contribution in [3.63, 3.8) is 0 Å². The summed E-state index contributed by atoms with van der Waals surface area (Å²) in [5.74, 6) is 0.705.